The van der Waals surface area contributed by atoms with E-state index in [1.165, 1.54) is 41.1 Å². The summed E-state index contributed by atoms with van der Waals surface area (Å²) in [6, 6.07) is 83.5. The van der Waals surface area contributed by atoms with Gasteiger partial charge in [-0.1, -0.05) is 218 Å². The van der Waals surface area contributed by atoms with Gasteiger partial charge in [-0.15, -0.1) is 61.2 Å². The normalized spacial score (nSPS) is 12.6. The number of fused-ring (bicyclic) bond motifs is 1. The van der Waals surface area contributed by atoms with E-state index in [0.29, 0.717) is 139 Å². The molecule has 0 bridgehead atoms. The minimum Gasteiger partial charge on any atom is -0.496 e. The average molecular weight is 2200 g/mol. The second kappa shape index (κ2) is 52.0. The first-order chi connectivity index (χ1) is 71.8. The molecule has 2 atom stereocenters. The Hall–Kier alpha value is -13.7. The largest absolute Gasteiger partial charge is 0.496 e. The van der Waals surface area contributed by atoms with Gasteiger partial charge >= 0.3 is 6.18 Å². The van der Waals surface area contributed by atoms with E-state index in [1.54, 1.807) is 85.8 Å². The molecule has 770 valence electrons. The Bertz CT molecular complexity index is 7400. The third kappa shape index (κ3) is 30.4. The maximum Gasteiger partial charge on any atom is 0.416 e. The fourth-order valence-corrected chi connectivity index (χ4v) is 17.8. The standard InChI is InChI=1S/C20H22BrN3O2.C20H21N3O2.C18H16Cl2FN3O.C18H17Cl2N3O.C18H15ClF3N3O.C18H16ClN3O/c1-13-5-7-15(8-6-13)20-23-22-19(26-20)14(2)24(3)12-16-11-17(21)9-10-18(16)25-4;1-13-6-5-7-14(2)19(13)24-17-9-4-3-8-16(17)21-12-18-22-23-20(25-18)15-10-11-15;1-11(2)24(14-6-4-13(21)5-7-14)10-17-22-23-18(25-17)15-8-3-12(19)9-16(15)20;1-12(15-9-8-14(19)10-16(15)20)23(2)11-17-21-22-18(24-17)13-6-4-3-5-7-13;1-25(10-12-6-2-4-8-14(12)18(20,21)22)11-16-23-24-17(26-16)13-7-3-5-9-15(13)19;19-15-9-3-2-8-14(15)18-21-20-17(23-18)12-22-11-5-7-13-6-1-4-10-16(13)22/h5-11,14H,12H2,1-4H3;3-9,15,21H,10-12H2,1-2H3;3-9,11H,10H2,1-2H3;3-10,12H,11H2,1-2H3;2-9H,10-11H2,1H3;1-4,6,8-10H,5,7,11-12H2. The quantitative estimate of drug-likeness (QED) is 0.0409. The molecular formula is C112H107BrCl6F4N18O8. The number of anilines is 3. The monoisotopic (exact) mass is 2200 g/mol. The SMILES string of the molecule is CC(C)N(Cc1nnc(-c2ccc(Cl)cc2Cl)o1)c1ccc(F)cc1.CC(c1ccc(Cl)cc1Cl)N(C)Cc1nnc(-c2ccccc2)o1.CN(Cc1nnc(-c2ccccc2Cl)o1)Cc1ccccc1C(F)(F)F.COc1ccc(Br)cc1CN(C)C(C)c1nnc(-c2ccc(C)cc2)o1.Cc1cccc(C)c1Oc1ccccc1NCc1nnc(C2CC2)o1.Clc1ccccc1-c1nnc(CN2CCCc3ccccc32)o1. The van der Waals surface area contributed by atoms with Crippen molar-refractivity contribution in [2.45, 2.75) is 150 Å². The van der Waals surface area contributed by atoms with Gasteiger partial charge in [0, 0.05) is 85.2 Å². The van der Waals surface area contributed by atoms with Gasteiger partial charge in [0.25, 0.3) is 0 Å². The highest BCUT2D eigenvalue weighted by Crippen LogP contribution is 2.42. The maximum atomic E-state index is 13.2. The molecule has 0 amide bonds. The molecular weight excluding hydrogens is 2090 g/mol. The van der Waals surface area contributed by atoms with Crippen LogP contribution < -0.4 is 24.6 Å². The summed E-state index contributed by atoms with van der Waals surface area (Å²) in [5, 5.41) is 56.0. The molecule has 7 heterocycles. The fourth-order valence-electron chi connectivity index (χ4n) is 15.9. The highest BCUT2D eigenvalue weighted by atomic mass is 79.9. The number of alkyl halides is 3. The number of nitrogens with zero attached hydrogens (tertiary/aromatic N) is 17. The Morgan fingerprint density at radius 1 is 0.463 bits per heavy atom. The molecule has 2 aliphatic rings. The number of benzene rings is 12. The predicted molar refractivity (Wildman–Crippen MR) is 577 cm³/mol. The Morgan fingerprint density at radius 2 is 1.01 bits per heavy atom. The van der Waals surface area contributed by atoms with Crippen LogP contribution in [0.4, 0.5) is 34.6 Å². The number of aryl methyl sites for hydroxylation is 4. The van der Waals surface area contributed by atoms with Gasteiger partial charge < -0.3 is 51.1 Å². The summed E-state index contributed by atoms with van der Waals surface area (Å²) < 4.78 is 99.6. The zero-order valence-electron chi connectivity index (χ0n) is 83.3. The number of hydrogen-bond acceptors (Lipinski definition) is 26. The van der Waals surface area contributed by atoms with Crippen LogP contribution in [0.3, 0.4) is 0 Å². The molecule has 0 saturated heterocycles. The first-order valence-corrected chi connectivity index (χ1v) is 50.8. The molecule has 2 unspecified atom stereocenters. The molecule has 1 aliphatic carbocycles. The van der Waals surface area contributed by atoms with Crippen LogP contribution in [0.1, 0.15) is 151 Å². The molecule has 1 saturated carbocycles. The van der Waals surface area contributed by atoms with Crippen molar-refractivity contribution in [3.05, 3.63) is 399 Å². The summed E-state index contributed by atoms with van der Waals surface area (Å²) in [6.45, 7) is 18.4. The minimum atomic E-state index is -4.39. The third-order valence-electron chi connectivity index (χ3n) is 24.3. The van der Waals surface area contributed by atoms with E-state index in [2.05, 4.69) is 174 Å². The van der Waals surface area contributed by atoms with Crippen molar-refractivity contribution in [2.24, 2.45) is 0 Å². The number of hydrogen-bond donors (Lipinski definition) is 1. The van der Waals surface area contributed by atoms with E-state index in [4.69, 9.17) is 106 Å². The number of aromatic nitrogens is 12. The molecule has 1 N–H and O–H groups in total. The summed E-state index contributed by atoms with van der Waals surface area (Å²) in [6.07, 6.45) is 0.187. The van der Waals surface area contributed by atoms with E-state index in [0.717, 1.165) is 116 Å². The van der Waals surface area contributed by atoms with Crippen LogP contribution in [0.2, 0.25) is 30.1 Å². The van der Waals surface area contributed by atoms with Crippen molar-refractivity contribution in [3.63, 3.8) is 0 Å². The van der Waals surface area contributed by atoms with E-state index in [9.17, 15) is 17.6 Å². The van der Waals surface area contributed by atoms with Gasteiger partial charge in [-0.25, -0.2) is 4.39 Å². The van der Waals surface area contributed by atoms with Crippen LogP contribution in [0.15, 0.2) is 304 Å². The minimum absolute atomic E-state index is 0.0228. The summed E-state index contributed by atoms with van der Waals surface area (Å²) in [7, 11) is 7.39. The number of methoxy groups -OCH3 is 1. The van der Waals surface area contributed by atoms with Gasteiger partial charge in [0.15, 0.2) is 5.75 Å². The van der Waals surface area contributed by atoms with E-state index in [1.807, 2.05) is 166 Å². The first kappa shape index (κ1) is 109. The number of halogens is 11. The first-order valence-electron chi connectivity index (χ1n) is 47.8. The third-order valence-corrected chi connectivity index (χ3v) is 26.5. The van der Waals surface area contributed by atoms with Gasteiger partial charge in [-0.05, 0) is 269 Å². The van der Waals surface area contributed by atoms with E-state index >= 15 is 0 Å². The predicted octanol–water partition coefficient (Wildman–Crippen LogP) is 30.2. The number of para-hydroxylation sites is 4. The zero-order valence-corrected chi connectivity index (χ0v) is 89.4. The lowest BCUT2D eigenvalue weighted by atomic mass is 10.0. The van der Waals surface area contributed by atoms with Crippen LogP contribution in [-0.2, 0) is 58.4 Å². The van der Waals surface area contributed by atoms with Crippen molar-refractivity contribution in [1.82, 2.24) is 75.9 Å². The summed E-state index contributed by atoms with van der Waals surface area (Å²) >= 11 is 40.1. The van der Waals surface area contributed by atoms with Gasteiger partial charge in [-0.3, -0.25) is 14.7 Å². The molecule has 0 radical (unpaired) electrons. The van der Waals surface area contributed by atoms with Crippen molar-refractivity contribution < 1.29 is 53.5 Å². The Labute approximate surface area is 899 Å². The fraction of sp³-hybridized carbons (Fsp3) is 0.250. The van der Waals surface area contributed by atoms with Crippen molar-refractivity contribution in [3.8, 4) is 74.5 Å². The molecule has 20 rings (SSSR count). The highest BCUT2D eigenvalue weighted by molar-refractivity contribution is 9.10. The Kier molecular flexibility index (Phi) is 38.2. The molecule has 12 aromatic carbocycles. The lowest BCUT2D eigenvalue weighted by molar-refractivity contribution is -0.138. The summed E-state index contributed by atoms with van der Waals surface area (Å²) in [5.74, 6) is 8.74. The van der Waals surface area contributed by atoms with Crippen LogP contribution in [-0.4, -0.2) is 117 Å². The molecule has 26 nitrogen and oxygen atoms in total. The van der Waals surface area contributed by atoms with E-state index in [-0.39, 0.29) is 48.5 Å². The molecule has 149 heavy (non-hydrogen) atoms. The molecule has 37 heteroatoms. The van der Waals surface area contributed by atoms with Crippen LogP contribution in [0.25, 0.3) is 57.3 Å². The number of nitrogens with one attached hydrogen (secondary N) is 1. The topological polar surface area (TPSA) is 280 Å². The van der Waals surface area contributed by atoms with Gasteiger partial charge in [0.2, 0.25) is 70.7 Å². The summed E-state index contributed by atoms with van der Waals surface area (Å²) in [5.41, 5.74) is 13.3. The molecule has 0 spiro atoms. The Balaban J connectivity index is 0.000000134. The smallest absolute Gasteiger partial charge is 0.416 e. The molecule has 1 fully saturated rings. The average Bonchev–Trinajstić information content (AvgIpc) is 1.78. The zero-order chi connectivity index (χ0) is 105. The summed E-state index contributed by atoms with van der Waals surface area (Å²) in [4.78, 5) is 10.3. The van der Waals surface area contributed by atoms with Crippen molar-refractivity contribution >= 4 is 103 Å². The van der Waals surface area contributed by atoms with Crippen LogP contribution >= 0.6 is 85.5 Å². The van der Waals surface area contributed by atoms with Gasteiger partial charge in [-0.2, -0.15) is 13.2 Å². The molecule has 18 aromatic rings. The maximum absolute atomic E-state index is 13.2. The highest BCUT2D eigenvalue weighted by Gasteiger charge is 2.34. The van der Waals surface area contributed by atoms with Gasteiger partial charge in [0.1, 0.15) is 17.3 Å². The van der Waals surface area contributed by atoms with E-state index < -0.39 is 11.7 Å². The molecule has 1 aliphatic heterocycles. The second-order valence-corrected chi connectivity index (χ2v) is 39.1. The Morgan fingerprint density at radius 3 is 1.66 bits per heavy atom. The van der Waals surface area contributed by atoms with Crippen molar-refractivity contribution in [2.75, 3.05) is 49.9 Å². The number of rotatable bonds is 30. The molecule has 6 aromatic heterocycles. The van der Waals surface area contributed by atoms with Crippen LogP contribution in [0.5, 0.6) is 17.2 Å². The second-order valence-electron chi connectivity index (χ2n) is 35.7. The lowest BCUT2D eigenvalue weighted by Crippen LogP contribution is -2.30. The lowest BCUT2D eigenvalue weighted by Gasteiger charge is -2.29. The van der Waals surface area contributed by atoms with Crippen molar-refractivity contribution in [1.29, 1.82) is 0 Å². The van der Waals surface area contributed by atoms with Gasteiger partial charge in [0.05, 0.1) is 88.9 Å². The van der Waals surface area contributed by atoms with Crippen LogP contribution in [0, 0.1) is 26.6 Å². The number of ether oxygens (including phenoxy) is 2.